The molecule has 0 amide bonds. The van der Waals surface area contributed by atoms with Gasteiger partial charge < -0.3 is 19.5 Å². The van der Waals surface area contributed by atoms with Crippen LogP contribution in [0.4, 0.5) is 0 Å². The number of esters is 1. The first-order chi connectivity index (χ1) is 13.2. The maximum Gasteiger partial charge on any atom is 0.331 e. The smallest absolute Gasteiger partial charge is 0.331 e. The predicted molar refractivity (Wildman–Crippen MR) is 105 cm³/mol. The van der Waals surface area contributed by atoms with Crippen molar-refractivity contribution in [1.29, 1.82) is 0 Å². The molecule has 1 aliphatic rings. The van der Waals surface area contributed by atoms with Crippen LogP contribution in [0, 0.1) is 0 Å². The number of nitrogens with one attached hydrogen (secondary N) is 1. The number of carbonyl (C=O) groups excluding carboxylic acids is 1. The minimum atomic E-state index is -0.585. The fourth-order valence-electron chi connectivity index (χ4n) is 3.36. The van der Waals surface area contributed by atoms with Crippen molar-refractivity contribution < 1.29 is 19.0 Å². The summed E-state index contributed by atoms with van der Waals surface area (Å²) in [5, 5.41) is 3.33. The monoisotopic (exact) mass is 367 g/mol. The molecule has 3 rings (SSSR count). The second-order valence-electron chi connectivity index (χ2n) is 6.47. The molecule has 0 spiro atoms. The molecule has 1 heterocycles. The molecule has 0 aromatic heterocycles. The fourth-order valence-corrected chi connectivity index (χ4v) is 3.36. The van der Waals surface area contributed by atoms with E-state index in [1.165, 1.54) is 6.08 Å². The molecular weight excluding hydrogens is 342 g/mol. The zero-order valence-electron chi connectivity index (χ0n) is 15.7. The molecule has 2 aromatic rings. The molecule has 5 heteroatoms. The van der Waals surface area contributed by atoms with Crippen molar-refractivity contribution in [2.45, 2.75) is 18.4 Å². The molecule has 142 valence electrons. The summed E-state index contributed by atoms with van der Waals surface area (Å²) in [5.74, 6) is 0.973. The van der Waals surface area contributed by atoms with Gasteiger partial charge in [-0.15, -0.1) is 0 Å². The zero-order valence-corrected chi connectivity index (χ0v) is 15.7. The lowest BCUT2D eigenvalue weighted by Gasteiger charge is -2.37. The first-order valence-electron chi connectivity index (χ1n) is 9.06. The summed E-state index contributed by atoms with van der Waals surface area (Å²) in [6.07, 6.45) is 4.67. The van der Waals surface area contributed by atoms with Crippen molar-refractivity contribution in [2.24, 2.45) is 0 Å². The highest BCUT2D eigenvalue weighted by molar-refractivity contribution is 5.88. The van der Waals surface area contributed by atoms with E-state index >= 15 is 0 Å². The number of ether oxygens (including phenoxy) is 3. The topological polar surface area (TPSA) is 56.8 Å². The van der Waals surface area contributed by atoms with Gasteiger partial charge in [0.2, 0.25) is 0 Å². The molecule has 0 unspecified atom stereocenters. The fraction of sp³-hybridized carbons (Fsp3) is 0.318. The van der Waals surface area contributed by atoms with Gasteiger partial charge in [0.25, 0.3) is 0 Å². The van der Waals surface area contributed by atoms with Gasteiger partial charge in [-0.1, -0.05) is 30.3 Å². The molecule has 0 saturated carbocycles. The van der Waals surface area contributed by atoms with E-state index in [9.17, 15) is 4.79 Å². The predicted octanol–water partition coefficient (Wildman–Crippen LogP) is 3.54. The largest absolute Gasteiger partial charge is 0.497 e. The van der Waals surface area contributed by atoms with Gasteiger partial charge in [-0.05, 0) is 36.9 Å². The molecular formula is C22H25NO4. The second kappa shape index (κ2) is 8.73. The Labute approximate surface area is 159 Å². The molecule has 0 aliphatic carbocycles. The summed E-state index contributed by atoms with van der Waals surface area (Å²) in [5.41, 5.74) is 1.24. The summed E-state index contributed by atoms with van der Waals surface area (Å²) in [6.45, 7) is 1.64. The van der Waals surface area contributed by atoms with Crippen LogP contribution in [0.25, 0.3) is 6.08 Å². The van der Waals surface area contributed by atoms with Crippen LogP contribution in [0.2, 0.25) is 0 Å². The van der Waals surface area contributed by atoms with Gasteiger partial charge in [0.1, 0.15) is 17.1 Å². The number of benzene rings is 2. The van der Waals surface area contributed by atoms with E-state index in [0.29, 0.717) is 11.5 Å². The van der Waals surface area contributed by atoms with Gasteiger partial charge in [0, 0.05) is 30.5 Å². The molecule has 1 aliphatic heterocycles. The minimum absolute atomic E-state index is 0.362. The number of rotatable bonds is 6. The van der Waals surface area contributed by atoms with Crippen molar-refractivity contribution in [1.82, 2.24) is 5.32 Å². The molecule has 1 N–H and O–H groups in total. The molecule has 0 atom stereocenters. The van der Waals surface area contributed by atoms with E-state index in [0.717, 1.165) is 37.1 Å². The molecule has 0 bridgehead atoms. The summed E-state index contributed by atoms with van der Waals surface area (Å²) < 4.78 is 16.5. The third kappa shape index (κ3) is 4.49. The average Bonchev–Trinajstić information content (AvgIpc) is 2.73. The van der Waals surface area contributed by atoms with E-state index in [1.54, 1.807) is 26.4 Å². The van der Waals surface area contributed by atoms with Crippen molar-refractivity contribution in [3.8, 4) is 11.5 Å². The van der Waals surface area contributed by atoms with Crippen LogP contribution < -0.4 is 14.8 Å². The van der Waals surface area contributed by atoms with E-state index < -0.39 is 5.60 Å². The Balaban J connectivity index is 1.78. The van der Waals surface area contributed by atoms with Crippen LogP contribution in [0.1, 0.15) is 24.0 Å². The summed E-state index contributed by atoms with van der Waals surface area (Å²) >= 11 is 0. The Hall–Kier alpha value is -2.79. The van der Waals surface area contributed by atoms with Crippen LogP contribution in [0.5, 0.6) is 11.5 Å². The summed E-state index contributed by atoms with van der Waals surface area (Å²) in [6, 6.07) is 15.4. The lowest BCUT2D eigenvalue weighted by Crippen LogP contribution is -2.42. The zero-order chi connectivity index (χ0) is 19.1. The van der Waals surface area contributed by atoms with Crippen molar-refractivity contribution >= 4 is 12.0 Å². The number of carbonyl (C=O) groups is 1. The molecule has 1 saturated heterocycles. The highest BCUT2D eigenvalue weighted by Crippen LogP contribution is 2.35. The second-order valence-corrected chi connectivity index (χ2v) is 6.47. The third-order valence-corrected chi connectivity index (χ3v) is 4.85. The lowest BCUT2D eigenvalue weighted by molar-refractivity contribution is -0.157. The highest BCUT2D eigenvalue weighted by Gasteiger charge is 2.37. The summed E-state index contributed by atoms with van der Waals surface area (Å²) in [7, 11) is 3.19. The van der Waals surface area contributed by atoms with E-state index in [4.69, 9.17) is 14.2 Å². The van der Waals surface area contributed by atoms with Crippen molar-refractivity contribution in [3.05, 3.63) is 65.7 Å². The Kier molecular flexibility index (Phi) is 6.14. The van der Waals surface area contributed by atoms with Crippen LogP contribution >= 0.6 is 0 Å². The number of hydrogen-bond donors (Lipinski definition) is 1. The first-order valence-corrected chi connectivity index (χ1v) is 9.06. The van der Waals surface area contributed by atoms with Crippen LogP contribution in [0.3, 0.4) is 0 Å². The first kappa shape index (κ1) is 19.0. The maximum absolute atomic E-state index is 12.6. The molecule has 5 nitrogen and oxygen atoms in total. The minimum Gasteiger partial charge on any atom is -0.497 e. The Bertz CT molecular complexity index is 795. The van der Waals surface area contributed by atoms with E-state index in [1.807, 2.05) is 42.5 Å². The molecule has 1 fully saturated rings. The van der Waals surface area contributed by atoms with E-state index in [-0.39, 0.29) is 5.97 Å². The van der Waals surface area contributed by atoms with E-state index in [2.05, 4.69) is 5.32 Å². The van der Waals surface area contributed by atoms with Gasteiger partial charge >= 0.3 is 5.97 Å². The molecule has 2 aromatic carbocycles. The molecule has 0 radical (unpaired) electrons. The average molecular weight is 367 g/mol. The van der Waals surface area contributed by atoms with Crippen LogP contribution in [0.15, 0.2) is 54.6 Å². The Morgan fingerprint density at radius 2 is 1.78 bits per heavy atom. The number of hydrogen-bond acceptors (Lipinski definition) is 5. The third-order valence-electron chi connectivity index (χ3n) is 4.85. The Morgan fingerprint density at radius 3 is 2.44 bits per heavy atom. The highest BCUT2D eigenvalue weighted by atomic mass is 16.6. The van der Waals surface area contributed by atoms with Gasteiger partial charge in [-0.3, -0.25) is 0 Å². The number of piperidine rings is 1. The standard InChI is InChI=1S/C22H25NO4/c1-25-19-10-8-17(20(16-19)26-2)9-11-21(24)27-22(12-14-23-15-13-22)18-6-4-3-5-7-18/h3-11,16,23H,12-15H2,1-2H3/b11-9+. The van der Waals surface area contributed by atoms with Gasteiger partial charge in [0.05, 0.1) is 14.2 Å². The summed E-state index contributed by atoms with van der Waals surface area (Å²) in [4.78, 5) is 12.6. The maximum atomic E-state index is 12.6. The van der Waals surface area contributed by atoms with Crippen LogP contribution in [-0.4, -0.2) is 33.3 Å². The van der Waals surface area contributed by atoms with Crippen molar-refractivity contribution in [2.75, 3.05) is 27.3 Å². The number of methoxy groups -OCH3 is 2. The van der Waals surface area contributed by atoms with Gasteiger partial charge in [0.15, 0.2) is 0 Å². The normalized spacial score (nSPS) is 16.1. The quantitative estimate of drug-likeness (QED) is 0.625. The molecule has 27 heavy (non-hydrogen) atoms. The van der Waals surface area contributed by atoms with Gasteiger partial charge in [-0.2, -0.15) is 0 Å². The Morgan fingerprint density at radius 1 is 1.04 bits per heavy atom. The SMILES string of the molecule is COc1ccc(/C=C/C(=O)OC2(c3ccccc3)CCNCC2)c(OC)c1. The van der Waals surface area contributed by atoms with Crippen LogP contribution in [-0.2, 0) is 15.1 Å². The lowest BCUT2D eigenvalue weighted by atomic mass is 9.85. The van der Waals surface area contributed by atoms with Crippen molar-refractivity contribution in [3.63, 3.8) is 0 Å². The van der Waals surface area contributed by atoms with Gasteiger partial charge in [-0.25, -0.2) is 4.79 Å².